The third kappa shape index (κ3) is 4.51. The van der Waals surface area contributed by atoms with Crippen molar-refractivity contribution in [3.63, 3.8) is 0 Å². The minimum Gasteiger partial charge on any atom is -0.442 e. The molecule has 0 saturated heterocycles. The Balaban J connectivity index is 2.14. The lowest BCUT2D eigenvalue weighted by molar-refractivity contribution is 0.0983. The quantitative estimate of drug-likeness (QED) is 0.872. The molecule has 1 N–H and O–H groups in total. The monoisotopic (exact) mass is 336 g/mol. The van der Waals surface area contributed by atoms with Gasteiger partial charge in [-0.1, -0.05) is 12.1 Å². The van der Waals surface area contributed by atoms with Crippen molar-refractivity contribution < 1.29 is 13.9 Å². The molecule has 0 unspecified atom stereocenters. The lowest BCUT2D eigenvalue weighted by Crippen LogP contribution is -2.41. The fraction of sp³-hybridized carbons (Fsp3) is 0.412. The standard InChI is InChI=1S/C17H21FN2O2S/c1-10-15(23-9-19-10)12-6-7-13(14(18)8-12)11(2)22-16(21)20-17(3,4)5/h6-9,11H,1-5H3,(H,20,21)/t11-/m0/s1. The number of amides is 1. The second kappa shape index (κ2) is 6.66. The summed E-state index contributed by atoms with van der Waals surface area (Å²) in [6.07, 6.45) is -1.24. The Morgan fingerprint density at radius 1 is 1.39 bits per heavy atom. The fourth-order valence-corrected chi connectivity index (χ4v) is 2.94. The molecule has 23 heavy (non-hydrogen) atoms. The normalized spacial score (nSPS) is 12.8. The zero-order valence-electron chi connectivity index (χ0n) is 13.9. The predicted molar refractivity (Wildman–Crippen MR) is 90.0 cm³/mol. The molecule has 4 nitrogen and oxygen atoms in total. The summed E-state index contributed by atoms with van der Waals surface area (Å²) < 4.78 is 19.6. The highest BCUT2D eigenvalue weighted by atomic mass is 32.1. The Bertz CT molecular complexity index is 707. The van der Waals surface area contributed by atoms with E-state index in [-0.39, 0.29) is 0 Å². The average molecular weight is 336 g/mol. The summed E-state index contributed by atoms with van der Waals surface area (Å²) in [7, 11) is 0. The topological polar surface area (TPSA) is 51.2 Å². The minimum atomic E-state index is -0.672. The number of hydrogen-bond acceptors (Lipinski definition) is 4. The van der Waals surface area contributed by atoms with Crippen LogP contribution in [0.25, 0.3) is 10.4 Å². The summed E-state index contributed by atoms with van der Waals surface area (Å²) in [6, 6.07) is 4.93. The number of rotatable bonds is 3. The highest BCUT2D eigenvalue weighted by Crippen LogP contribution is 2.30. The highest BCUT2D eigenvalue weighted by molar-refractivity contribution is 7.13. The van der Waals surface area contributed by atoms with Crippen LogP contribution in [0, 0.1) is 12.7 Å². The second-order valence-electron chi connectivity index (χ2n) is 6.43. The van der Waals surface area contributed by atoms with Gasteiger partial charge in [-0.2, -0.15) is 0 Å². The molecule has 0 spiro atoms. The van der Waals surface area contributed by atoms with E-state index in [1.165, 1.54) is 17.4 Å². The van der Waals surface area contributed by atoms with Crippen molar-refractivity contribution in [1.29, 1.82) is 0 Å². The summed E-state index contributed by atoms with van der Waals surface area (Å²) in [6.45, 7) is 9.10. The molecule has 1 aromatic heterocycles. The van der Waals surface area contributed by atoms with Gasteiger partial charge in [-0.25, -0.2) is 14.2 Å². The van der Waals surface area contributed by atoms with Crippen LogP contribution in [-0.2, 0) is 4.74 Å². The number of aryl methyl sites for hydroxylation is 1. The smallest absolute Gasteiger partial charge is 0.408 e. The molecule has 6 heteroatoms. The van der Waals surface area contributed by atoms with E-state index < -0.39 is 23.6 Å². The van der Waals surface area contributed by atoms with E-state index in [2.05, 4.69) is 10.3 Å². The van der Waals surface area contributed by atoms with Crippen molar-refractivity contribution >= 4 is 17.4 Å². The third-order valence-electron chi connectivity index (χ3n) is 3.21. The maximum absolute atomic E-state index is 14.4. The van der Waals surface area contributed by atoms with Gasteiger partial charge in [-0.15, -0.1) is 11.3 Å². The SMILES string of the molecule is Cc1ncsc1-c1ccc([C@H](C)OC(=O)NC(C)(C)C)c(F)c1. The number of carbonyl (C=O) groups excluding carboxylic acids is 1. The van der Waals surface area contributed by atoms with E-state index >= 15 is 0 Å². The zero-order chi connectivity index (χ0) is 17.2. The predicted octanol–water partition coefficient (Wildman–Crippen LogP) is 4.84. The van der Waals surface area contributed by atoms with E-state index in [1.807, 2.05) is 33.8 Å². The Kier molecular flexibility index (Phi) is 5.04. The fourth-order valence-electron chi connectivity index (χ4n) is 2.14. The van der Waals surface area contributed by atoms with Crippen LogP contribution in [0.3, 0.4) is 0 Å². The summed E-state index contributed by atoms with van der Waals surface area (Å²) in [5, 5.41) is 2.69. The highest BCUT2D eigenvalue weighted by Gasteiger charge is 2.20. The van der Waals surface area contributed by atoms with Crippen LogP contribution in [0.1, 0.15) is 45.1 Å². The largest absolute Gasteiger partial charge is 0.442 e. The third-order valence-corrected chi connectivity index (χ3v) is 4.18. The van der Waals surface area contributed by atoms with E-state index in [1.54, 1.807) is 18.5 Å². The molecule has 2 rings (SSSR count). The van der Waals surface area contributed by atoms with E-state index in [4.69, 9.17) is 4.74 Å². The van der Waals surface area contributed by atoms with Gasteiger partial charge in [0.05, 0.1) is 16.1 Å². The van der Waals surface area contributed by atoms with Gasteiger partial charge in [0.25, 0.3) is 0 Å². The average Bonchev–Trinajstić information content (AvgIpc) is 2.82. The Hall–Kier alpha value is -1.95. The van der Waals surface area contributed by atoms with Crippen LogP contribution >= 0.6 is 11.3 Å². The molecule has 0 fully saturated rings. The lowest BCUT2D eigenvalue weighted by atomic mass is 10.1. The number of ether oxygens (including phenoxy) is 1. The Morgan fingerprint density at radius 2 is 2.09 bits per heavy atom. The van der Waals surface area contributed by atoms with Crippen molar-refractivity contribution in [2.75, 3.05) is 0 Å². The van der Waals surface area contributed by atoms with Crippen LogP contribution < -0.4 is 5.32 Å². The number of halogens is 1. The number of aromatic nitrogens is 1. The molecule has 0 saturated carbocycles. The molecule has 2 aromatic rings. The van der Waals surface area contributed by atoms with Crippen molar-refractivity contribution in [1.82, 2.24) is 10.3 Å². The van der Waals surface area contributed by atoms with Crippen LogP contribution in [0.4, 0.5) is 9.18 Å². The van der Waals surface area contributed by atoms with Crippen molar-refractivity contribution in [3.8, 4) is 10.4 Å². The summed E-state index contributed by atoms with van der Waals surface area (Å²) >= 11 is 1.47. The number of nitrogens with one attached hydrogen (secondary N) is 1. The van der Waals surface area contributed by atoms with Gasteiger partial charge in [0, 0.05) is 11.1 Å². The molecule has 124 valence electrons. The molecule has 0 aliphatic carbocycles. The molecule has 1 heterocycles. The molecule has 0 aliphatic rings. The molecular formula is C17H21FN2O2S. The van der Waals surface area contributed by atoms with E-state index in [9.17, 15) is 9.18 Å². The molecule has 0 bridgehead atoms. The number of carbonyl (C=O) groups is 1. The van der Waals surface area contributed by atoms with E-state index in [0.29, 0.717) is 5.56 Å². The van der Waals surface area contributed by atoms with Gasteiger partial charge in [-0.3, -0.25) is 0 Å². The summed E-state index contributed by atoms with van der Waals surface area (Å²) in [5.74, 6) is -0.397. The van der Waals surface area contributed by atoms with Crippen molar-refractivity contribution in [2.24, 2.45) is 0 Å². The molecule has 0 aliphatic heterocycles. The van der Waals surface area contributed by atoms with Crippen LogP contribution in [0.5, 0.6) is 0 Å². The molecule has 1 amide bonds. The maximum atomic E-state index is 14.4. The maximum Gasteiger partial charge on any atom is 0.408 e. The Morgan fingerprint density at radius 3 is 2.61 bits per heavy atom. The second-order valence-corrected chi connectivity index (χ2v) is 7.28. The first-order valence-electron chi connectivity index (χ1n) is 7.36. The molecular weight excluding hydrogens is 315 g/mol. The number of thiazole rings is 1. The van der Waals surface area contributed by atoms with Crippen LogP contribution in [0.15, 0.2) is 23.7 Å². The zero-order valence-corrected chi connectivity index (χ0v) is 14.8. The number of alkyl carbamates (subject to hydrolysis) is 1. The van der Waals surface area contributed by atoms with Crippen molar-refractivity contribution in [3.05, 3.63) is 40.8 Å². The van der Waals surface area contributed by atoms with Gasteiger partial charge in [0.1, 0.15) is 11.9 Å². The summed E-state index contributed by atoms with van der Waals surface area (Å²) in [5.41, 5.74) is 3.33. The summed E-state index contributed by atoms with van der Waals surface area (Å²) in [4.78, 5) is 16.9. The molecule has 1 aromatic carbocycles. The Labute approximate surface area is 139 Å². The van der Waals surface area contributed by atoms with Crippen LogP contribution in [0.2, 0.25) is 0 Å². The van der Waals surface area contributed by atoms with Gasteiger partial charge < -0.3 is 10.1 Å². The van der Waals surface area contributed by atoms with Crippen molar-refractivity contribution in [2.45, 2.75) is 46.3 Å². The van der Waals surface area contributed by atoms with Gasteiger partial charge in [0.2, 0.25) is 0 Å². The number of nitrogens with zero attached hydrogens (tertiary/aromatic N) is 1. The van der Waals surface area contributed by atoms with E-state index in [0.717, 1.165) is 16.1 Å². The molecule has 1 atom stereocenters. The van der Waals surface area contributed by atoms with Crippen LogP contribution in [-0.4, -0.2) is 16.6 Å². The van der Waals surface area contributed by atoms with Gasteiger partial charge in [-0.05, 0) is 46.2 Å². The number of benzene rings is 1. The van der Waals surface area contributed by atoms with Gasteiger partial charge >= 0.3 is 6.09 Å². The number of hydrogen-bond donors (Lipinski definition) is 1. The first-order chi connectivity index (χ1) is 10.7. The minimum absolute atomic E-state index is 0.347. The first-order valence-corrected chi connectivity index (χ1v) is 8.24. The lowest BCUT2D eigenvalue weighted by Gasteiger charge is -2.22. The first kappa shape index (κ1) is 17.4. The molecule has 0 radical (unpaired) electrons. The van der Waals surface area contributed by atoms with Gasteiger partial charge in [0.15, 0.2) is 0 Å².